The number of halogens is 5. The van der Waals surface area contributed by atoms with E-state index >= 15 is 0 Å². The second kappa shape index (κ2) is 8.24. The smallest absolute Gasteiger partial charge is 0.288 e. The molecular weight excluding hydrogens is 438 g/mol. The van der Waals surface area contributed by atoms with Gasteiger partial charge in [-0.05, 0) is 45.1 Å². The molecule has 0 aliphatic heterocycles. The van der Waals surface area contributed by atoms with Crippen LogP contribution in [-0.4, -0.2) is 38.5 Å². The molecule has 3 rings (SSSR count). The second-order valence-corrected chi connectivity index (χ2v) is 9.46. The Labute approximate surface area is 182 Å². The van der Waals surface area contributed by atoms with Crippen LogP contribution >= 0.6 is 11.6 Å². The number of hydrogen-bond acceptors (Lipinski definition) is 3. The summed E-state index contributed by atoms with van der Waals surface area (Å²) in [7, 11) is 0. The third-order valence-electron chi connectivity index (χ3n) is 5.47. The van der Waals surface area contributed by atoms with E-state index in [9.17, 15) is 27.5 Å². The number of aliphatic hydroxyl groups is 1. The maximum absolute atomic E-state index is 14.3. The maximum atomic E-state index is 14.3. The summed E-state index contributed by atoms with van der Waals surface area (Å²) in [6, 6.07) is 1.32. The molecule has 1 saturated carbocycles. The summed E-state index contributed by atoms with van der Waals surface area (Å²) in [4.78, 5) is 16.5. The molecule has 0 radical (unpaired) electrons. The van der Waals surface area contributed by atoms with Crippen LogP contribution in [0.1, 0.15) is 68.2 Å². The molecule has 5 nitrogen and oxygen atoms in total. The van der Waals surface area contributed by atoms with Crippen molar-refractivity contribution < 1.29 is 27.5 Å². The molecule has 10 heteroatoms. The van der Waals surface area contributed by atoms with Gasteiger partial charge in [0.15, 0.2) is 0 Å². The molecule has 0 saturated heterocycles. The molecule has 1 aliphatic carbocycles. The van der Waals surface area contributed by atoms with E-state index in [1.807, 2.05) is 0 Å². The van der Waals surface area contributed by atoms with Crippen molar-refractivity contribution in [3.05, 3.63) is 34.2 Å². The van der Waals surface area contributed by atoms with Crippen molar-refractivity contribution in [2.75, 3.05) is 6.54 Å². The first-order valence-corrected chi connectivity index (χ1v) is 10.5. The minimum absolute atomic E-state index is 0.0283. The van der Waals surface area contributed by atoms with Crippen molar-refractivity contribution in [1.29, 1.82) is 0 Å². The van der Waals surface area contributed by atoms with Gasteiger partial charge in [-0.2, -0.15) is 8.78 Å². The average molecular weight is 464 g/mol. The lowest BCUT2D eigenvalue weighted by molar-refractivity contribution is -0.0460. The van der Waals surface area contributed by atoms with Crippen LogP contribution < -0.4 is 5.32 Å². The van der Waals surface area contributed by atoms with E-state index in [1.165, 1.54) is 30.5 Å². The highest BCUT2D eigenvalue weighted by Crippen LogP contribution is 2.39. The van der Waals surface area contributed by atoms with Gasteiger partial charge in [-0.3, -0.25) is 4.79 Å². The molecule has 1 aliphatic rings. The number of nitrogens with one attached hydrogen (secondary N) is 1. The van der Waals surface area contributed by atoms with Gasteiger partial charge in [0.25, 0.3) is 11.8 Å². The van der Waals surface area contributed by atoms with Gasteiger partial charge < -0.3 is 14.8 Å². The summed E-state index contributed by atoms with van der Waals surface area (Å²) in [6.45, 7) is 3.74. The molecule has 0 bridgehead atoms. The van der Waals surface area contributed by atoms with Crippen molar-refractivity contribution >= 4 is 23.2 Å². The van der Waals surface area contributed by atoms with Gasteiger partial charge in [0.05, 0.1) is 21.9 Å². The van der Waals surface area contributed by atoms with Crippen LogP contribution in [0.5, 0.6) is 0 Å². The fraction of sp³-hybridized carbons (Fsp3) is 0.619. The molecule has 2 aromatic heterocycles. The zero-order valence-corrected chi connectivity index (χ0v) is 18.4. The number of imidazole rings is 1. The Balaban J connectivity index is 1.96. The van der Waals surface area contributed by atoms with Crippen LogP contribution in [0, 0.1) is 5.92 Å². The minimum Gasteiger partial charge on any atom is -0.389 e. The molecular formula is C21H26ClF4N3O2. The van der Waals surface area contributed by atoms with Gasteiger partial charge >= 0.3 is 0 Å². The van der Waals surface area contributed by atoms with Crippen LogP contribution in [0.25, 0.3) is 5.65 Å². The van der Waals surface area contributed by atoms with E-state index in [4.69, 9.17) is 11.6 Å². The summed E-state index contributed by atoms with van der Waals surface area (Å²) < 4.78 is 57.0. The molecule has 2 heterocycles. The molecule has 0 spiro atoms. The number of pyridine rings is 1. The first-order chi connectivity index (χ1) is 14.2. The number of fused-ring (bicyclic) bond motifs is 1. The topological polar surface area (TPSA) is 66.6 Å². The van der Waals surface area contributed by atoms with Gasteiger partial charge in [-0.1, -0.05) is 11.6 Å². The quantitative estimate of drug-likeness (QED) is 0.594. The molecule has 2 N–H and O–H groups in total. The highest BCUT2D eigenvalue weighted by atomic mass is 35.5. The van der Waals surface area contributed by atoms with E-state index in [2.05, 4.69) is 10.3 Å². The van der Waals surface area contributed by atoms with Gasteiger partial charge in [0, 0.05) is 32.5 Å². The van der Waals surface area contributed by atoms with Crippen LogP contribution in [0.4, 0.5) is 17.6 Å². The van der Waals surface area contributed by atoms with E-state index < -0.39 is 29.0 Å². The SMILES string of the molecule is CC(C)(O)CNC(=O)c1cc2nc(C(C)(F)F)c(CC3CCC(F)(F)CC3)n2cc1Cl. The number of alkyl halides is 4. The van der Waals surface area contributed by atoms with Gasteiger partial charge in [-0.15, -0.1) is 0 Å². The number of aromatic nitrogens is 2. The Morgan fingerprint density at radius 2 is 1.94 bits per heavy atom. The van der Waals surface area contributed by atoms with Gasteiger partial charge in [0.2, 0.25) is 5.92 Å². The summed E-state index contributed by atoms with van der Waals surface area (Å²) >= 11 is 6.27. The van der Waals surface area contributed by atoms with Crippen molar-refractivity contribution in [2.24, 2.45) is 5.92 Å². The number of amides is 1. The van der Waals surface area contributed by atoms with E-state index in [0.29, 0.717) is 0 Å². The maximum Gasteiger partial charge on any atom is 0.288 e. The van der Waals surface area contributed by atoms with E-state index in [-0.39, 0.29) is 66.5 Å². The average Bonchev–Trinajstić information content (AvgIpc) is 2.98. The predicted molar refractivity (Wildman–Crippen MR) is 109 cm³/mol. The highest BCUT2D eigenvalue weighted by Gasteiger charge is 2.38. The van der Waals surface area contributed by atoms with Gasteiger partial charge in [-0.25, -0.2) is 13.8 Å². The predicted octanol–water partition coefficient (Wildman–Crippen LogP) is 4.97. The van der Waals surface area contributed by atoms with Crippen LogP contribution in [0.3, 0.4) is 0 Å². The molecule has 1 fully saturated rings. The summed E-state index contributed by atoms with van der Waals surface area (Å²) in [5, 5.41) is 12.3. The van der Waals surface area contributed by atoms with E-state index in [1.54, 1.807) is 0 Å². The number of carbonyl (C=O) groups excluding carboxylic acids is 1. The lowest BCUT2D eigenvalue weighted by atomic mass is 9.83. The minimum atomic E-state index is -3.25. The number of rotatable bonds is 6. The Kier molecular flexibility index (Phi) is 6.32. The van der Waals surface area contributed by atoms with Crippen molar-refractivity contribution in [2.45, 2.75) is 70.3 Å². The highest BCUT2D eigenvalue weighted by molar-refractivity contribution is 6.33. The first-order valence-electron chi connectivity index (χ1n) is 10.1. The first kappa shape index (κ1) is 23.8. The fourth-order valence-corrected chi connectivity index (χ4v) is 4.04. The van der Waals surface area contributed by atoms with Crippen LogP contribution in [0.2, 0.25) is 5.02 Å². The monoisotopic (exact) mass is 463 g/mol. The van der Waals surface area contributed by atoms with Gasteiger partial charge in [0.1, 0.15) is 11.3 Å². The normalized spacial score (nSPS) is 17.8. The van der Waals surface area contributed by atoms with Crippen molar-refractivity contribution in [3.8, 4) is 0 Å². The largest absolute Gasteiger partial charge is 0.389 e. The number of carbonyl (C=O) groups is 1. The molecule has 0 unspecified atom stereocenters. The Morgan fingerprint density at radius 3 is 2.48 bits per heavy atom. The Bertz CT molecular complexity index is 970. The lowest BCUT2D eigenvalue weighted by Gasteiger charge is -2.28. The van der Waals surface area contributed by atoms with Crippen LogP contribution in [0.15, 0.2) is 12.3 Å². The zero-order valence-electron chi connectivity index (χ0n) is 17.6. The Morgan fingerprint density at radius 1 is 1.32 bits per heavy atom. The third kappa shape index (κ3) is 5.68. The fourth-order valence-electron chi connectivity index (χ4n) is 3.80. The molecule has 31 heavy (non-hydrogen) atoms. The standard InChI is InChI=1S/C21H26ClF4N3O2/c1-19(2,31)11-27-18(30)13-9-16-28-17(20(3,23)24)15(29(16)10-14(13)22)8-12-4-6-21(25,26)7-5-12/h9-10,12,31H,4-8,11H2,1-3H3,(H,27,30). The molecule has 0 aromatic carbocycles. The molecule has 2 aromatic rings. The number of nitrogens with zero attached hydrogens (tertiary/aromatic N) is 2. The molecule has 0 atom stereocenters. The molecule has 1 amide bonds. The van der Waals surface area contributed by atoms with Crippen molar-refractivity contribution in [3.63, 3.8) is 0 Å². The summed E-state index contributed by atoms with van der Waals surface area (Å²) in [6.07, 6.45) is 1.46. The Hall–Kier alpha value is -1.87. The second-order valence-electron chi connectivity index (χ2n) is 9.06. The van der Waals surface area contributed by atoms with E-state index in [0.717, 1.165) is 6.92 Å². The molecule has 172 valence electrons. The van der Waals surface area contributed by atoms with Crippen molar-refractivity contribution in [1.82, 2.24) is 14.7 Å². The summed E-state index contributed by atoms with van der Waals surface area (Å²) in [5.41, 5.74) is -1.22. The number of hydrogen-bond donors (Lipinski definition) is 2. The lowest BCUT2D eigenvalue weighted by Crippen LogP contribution is -2.38. The third-order valence-corrected chi connectivity index (χ3v) is 5.77. The van der Waals surface area contributed by atoms with Crippen LogP contribution in [-0.2, 0) is 12.3 Å². The summed E-state index contributed by atoms with van der Waals surface area (Å²) in [5.74, 6) is -6.70. The zero-order chi connectivity index (χ0) is 23.2.